The van der Waals surface area contributed by atoms with Gasteiger partial charge in [-0.15, -0.1) is 0 Å². The Balaban J connectivity index is 0. The summed E-state index contributed by atoms with van der Waals surface area (Å²) in [6.45, 7) is 0. The van der Waals surface area contributed by atoms with Crippen molar-refractivity contribution in [2.75, 3.05) is 0 Å². The molecule has 0 aliphatic rings. The van der Waals surface area contributed by atoms with E-state index in [4.69, 9.17) is 0 Å². The molecular weight excluding hydrogens is 386 g/mol. The van der Waals surface area contributed by atoms with Gasteiger partial charge in [-0.1, -0.05) is 0 Å². The summed E-state index contributed by atoms with van der Waals surface area (Å²) in [5.41, 5.74) is 0. The first-order valence-electron chi connectivity index (χ1n) is 0. The molecular formula is H10AlBiFeGaMg. The van der Waals surface area contributed by atoms with Gasteiger partial charge in [-0.2, -0.15) is 0 Å². The van der Waals surface area contributed by atoms with Gasteiger partial charge in [0.15, 0.2) is 0 Å². The van der Waals surface area contributed by atoms with Crippen LogP contribution >= 0.6 is 0 Å². The number of hydrogen-bond donors (Lipinski definition) is 0. The van der Waals surface area contributed by atoms with Crippen molar-refractivity contribution >= 4 is 86.4 Å². The van der Waals surface area contributed by atoms with Crippen LogP contribution < -0.4 is 0 Å². The van der Waals surface area contributed by atoms with Gasteiger partial charge in [0.05, 0.1) is 0 Å². The summed E-state index contributed by atoms with van der Waals surface area (Å²) in [4.78, 5) is 0. The van der Waals surface area contributed by atoms with Crippen molar-refractivity contribution in [3.8, 4) is 0 Å². The predicted octanol–water partition coefficient (Wildman–Crippen LogP) is -3.44. The Morgan fingerprint density at radius 3 is 1.20 bits per heavy atom. The van der Waals surface area contributed by atoms with E-state index in [2.05, 4.69) is 0 Å². The Bertz CT molecular complexity index is 17.7. The maximum absolute atomic E-state index is 0. The number of hydrogen-bond acceptors (Lipinski definition) is 0. The molecule has 0 amide bonds. The molecule has 0 aliphatic heterocycles. The van der Waals surface area contributed by atoms with Crippen LogP contribution in [0.3, 0.4) is 0 Å². The smallest absolute Gasteiger partial charge is 1.00 e. The van der Waals surface area contributed by atoms with Crippen LogP contribution in [0.4, 0.5) is 0 Å². The molecule has 5 heavy (non-hydrogen) atoms. The van der Waals surface area contributed by atoms with Gasteiger partial charge in [0.2, 0.25) is 0 Å². The Labute approximate surface area is 105 Å². The fourth-order valence-electron chi connectivity index (χ4n) is 0. The average Bonchev–Trinajstić information content (AvgIpc) is 0. The van der Waals surface area contributed by atoms with Gasteiger partial charge in [0, 0.05) is 17.1 Å². The Morgan fingerprint density at radius 1 is 1.20 bits per heavy atom. The van der Waals surface area contributed by atoms with E-state index < -0.39 is 0 Å². The summed E-state index contributed by atoms with van der Waals surface area (Å²) >= 11 is 0. The fraction of sp³-hybridized carbons (Fsp3) is 0. The Hall–Kier alpha value is 3.34. The SMILES string of the molecule is [AlH2].[BiH3].[Fe].[GaH3].[H-].[H-].[Mg+2]. The van der Waals surface area contributed by atoms with E-state index in [-0.39, 0.29) is 106 Å². The molecule has 5 heteroatoms. The molecule has 0 saturated carbocycles. The van der Waals surface area contributed by atoms with Gasteiger partial charge < -0.3 is 2.85 Å². The minimum Gasteiger partial charge on any atom is -1.00 e. The van der Waals surface area contributed by atoms with Crippen LogP contribution in [0.15, 0.2) is 0 Å². The van der Waals surface area contributed by atoms with Crippen LogP contribution in [-0.4, -0.2) is 86.4 Å². The molecule has 0 aromatic rings. The largest absolute Gasteiger partial charge is 2.00 e. The molecule has 0 saturated heterocycles. The van der Waals surface area contributed by atoms with E-state index in [1.165, 1.54) is 0 Å². The van der Waals surface area contributed by atoms with Gasteiger partial charge in [-0.25, -0.2) is 0 Å². The Morgan fingerprint density at radius 2 is 1.20 bits per heavy atom. The average molecular weight is 396 g/mol. The molecule has 0 nitrogen and oxygen atoms in total. The summed E-state index contributed by atoms with van der Waals surface area (Å²) in [5.74, 6) is 0. The summed E-state index contributed by atoms with van der Waals surface area (Å²) in [5, 5.41) is 0. The standard InChI is InChI=1S/Al.Bi.Fe.Ga.Mg.10H/q;;;;+2;;;;;;;;;2*-1. The topological polar surface area (TPSA) is 0 Å². The van der Waals surface area contributed by atoms with Gasteiger partial charge in [0.1, 0.15) is 17.4 Å². The first-order valence-corrected chi connectivity index (χ1v) is 0. The minimum atomic E-state index is 0. The molecule has 0 spiro atoms. The maximum atomic E-state index is 0. The summed E-state index contributed by atoms with van der Waals surface area (Å²) < 4.78 is 0. The molecule has 0 unspecified atom stereocenters. The van der Waals surface area contributed by atoms with E-state index in [9.17, 15) is 0 Å². The van der Waals surface area contributed by atoms with Gasteiger partial charge in [0.25, 0.3) is 0 Å². The fourth-order valence-corrected chi connectivity index (χ4v) is 0. The van der Waals surface area contributed by atoms with E-state index in [1.54, 1.807) is 0 Å². The van der Waals surface area contributed by atoms with Crippen molar-refractivity contribution in [2.24, 2.45) is 0 Å². The van der Waals surface area contributed by atoms with Crippen molar-refractivity contribution in [2.45, 2.75) is 0 Å². The number of rotatable bonds is 0. The zero-order chi connectivity index (χ0) is 0. The van der Waals surface area contributed by atoms with Crippen molar-refractivity contribution in [3.63, 3.8) is 0 Å². The molecule has 31 valence electrons. The van der Waals surface area contributed by atoms with E-state index >= 15 is 0 Å². The third-order valence-corrected chi connectivity index (χ3v) is 0. The van der Waals surface area contributed by atoms with Crippen molar-refractivity contribution in [1.82, 2.24) is 0 Å². The quantitative estimate of drug-likeness (QED) is 0.374. The summed E-state index contributed by atoms with van der Waals surface area (Å²) in [7, 11) is 0. The van der Waals surface area contributed by atoms with Gasteiger partial charge in [-0.05, 0) is 0 Å². The monoisotopic (exact) mass is 395 g/mol. The minimum absolute atomic E-state index is 0. The van der Waals surface area contributed by atoms with Crippen molar-refractivity contribution in [3.05, 3.63) is 0 Å². The molecule has 0 atom stereocenters. The van der Waals surface area contributed by atoms with Crippen LogP contribution in [0, 0.1) is 0 Å². The molecule has 0 bridgehead atoms. The van der Waals surface area contributed by atoms with E-state index in [0.29, 0.717) is 0 Å². The second-order valence-electron chi connectivity index (χ2n) is 0. The zero-order valence-corrected chi connectivity index (χ0v) is 12.8. The van der Waals surface area contributed by atoms with E-state index in [0.717, 1.165) is 0 Å². The molecule has 0 N–H and O–H groups in total. The Kier molecular flexibility index (Phi) is 213. The van der Waals surface area contributed by atoms with Crippen LogP contribution in [-0.2, 0) is 17.1 Å². The normalized spacial score (nSPS) is 0. The third kappa shape index (κ3) is 18.8. The van der Waals surface area contributed by atoms with Crippen molar-refractivity contribution < 1.29 is 19.9 Å². The first-order chi connectivity index (χ1) is 0. The molecule has 0 heterocycles. The van der Waals surface area contributed by atoms with Crippen LogP contribution in [0.5, 0.6) is 0 Å². The maximum Gasteiger partial charge on any atom is 2.00 e. The second-order valence-corrected chi connectivity index (χ2v) is 0. The van der Waals surface area contributed by atoms with Crippen LogP contribution in [0.2, 0.25) is 0 Å². The summed E-state index contributed by atoms with van der Waals surface area (Å²) in [6.07, 6.45) is 0. The summed E-state index contributed by atoms with van der Waals surface area (Å²) in [6, 6.07) is 0. The zero-order valence-electron chi connectivity index (χ0n) is 4.77. The van der Waals surface area contributed by atoms with Crippen LogP contribution in [0.1, 0.15) is 2.85 Å². The molecule has 0 aliphatic carbocycles. The van der Waals surface area contributed by atoms with Gasteiger partial charge in [-0.3, -0.25) is 0 Å². The first kappa shape index (κ1) is 40.3. The molecule has 0 aromatic heterocycles. The van der Waals surface area contributed by atoms with Gasteiger partial charge >= 0.3 is 69.0 Å². The van der Waals surface area contributed by atoms with Crippen molar-refractivity contribution in [1.29, 1.82) is 0 Å². The molecule has 0 aromatic carbocycles. The molecule has 1 radical (unpaired) electrons. The van der Waals surface area contributed by atoms with E-state index in [1.807, 2.05) is 0 Å². The molecule has 0 fully saturated rings. The third-order valence-electron chi connectivity index (χ3n) is 0. The second kappa shape index (κ2) is 26.5. The van der Waals surface area contributed by atoms with Crippen LogP contribution in [0.25, 0.3) is 0 Å². The molecule has 0 rings (SSSR count). The predicted molar refractivity (Wildman–Crippen MR) is 36.4 cm³/mol.